The fourth-order valence-electron chi connectivity index (χ4n) is 3.31. The number of benzene rings is 2. The van der Waals surface area contributed by atoms with E-state index in [4.69, 9.17) is 19.6 Å². The third-order valence-corrected chi connectivity index (χ3v) is 6.42. The van der Waals surface area contributed by atoms with Crippen molar-refractivity contribution in [3.8, 4) is 11.5 Å². The summed E-state index contributed by atoms with van der Waals surface area (Å²) in [6.45, 7) is 3.65. The molecule has 0 fully saturated rings. The van der Waals surface area contributed by atoms with Gasteiger partial charge in [0.05, 0.1) is 18.8 Å². The molecule has 10 heteroatoms. The van der Waals surface area contributed by atoms with Crippen LogP contribution in [0.2, 0.25) is 0 Å². The molecule has 0 spiro atoms. The molecule has 2 aliphatic rings. The fraction of sp³-hybridized carbons (Fsp3) is 0.280. The highest BCUT2D eigenvalue weighted by Gasteiger charge is 2.35. The number of nitrogens with zero attached hydrogens (tertiary/aromatic N) is 3. The van der Waals surface area contributed by atoms with Crippen molar-refractivity contribution >= 4 is 55.7 Å². The zero-order chi connectivity index (χ0) is 24.6. The van der Waals surface area contributed by atoms with Crippen LogP contribution in [0.1, 0.15) is 25.3 Å². The Morgan fingerprint density at radius 3 is 2.63 bits per heavy atom. The van der Waals surface area contributed by atoms with Gasteiger partial charge in [0, 0.05) is 10.0 Å². The van der Waals surface area contributed by atoms with Gasteiger partial charge in [-0.15, -0.1) is 0 Å². The molecule has 2 heterocycles. The molecular weight excluding hydrogens is 532 g/mol. The number of amides is 1. The van der Waals surface area contributed by atoms with Crippen molar-refractivity contribution in [2.45, 2.75) is 19.8 Å². The van der Waals surface area contributed by atoms with Gasteiger partial charge in [-0.1, -0.05) is 41.1 Å². The summed E-state index contributed by atoms with van der Waals surface area (Å²) in [6, 6.07) is 15.1. The molecule has 0 aromatic heterocycles. The van der Waals surface area contributed by atoms with Crippen molar-refractivity contribution in [2.24, 2.45) is 10.1 Å². The van der Waals surface area contributed by atoms with Crippen LogP contribution >= 0.6 is 27.7 Å². The lowest BCUT2D eigenvalue weighted by Crippen LogP contribution is -2.35. The number of ether oxygens (including phenoxy) is 3. The van der Waals surface area contributed by atoms with Crippen molar-refractivity contribution in [2.75, 3.05) is 26.4 Å². The molecule has 0 saturated carbocycles. The molecule has 0 atom stereocenters. The summed E-state index contributed by atoms with van der Waals surface area (Å²) in [6.07, 6.45) is 3.34. The van der Waals surface area contributed by atoms with E-state index < -0.39 is 5.91 Å². The highest BCUT2D eigenvalue weighted by Crippen LogP contribution is 2.31. The van der Waals surface area contributed by atoms with E-state index in [-0.39, 0.29) is 11.4 Å². The minimum Gasteiger partial charge on any atom is -0.491 e. The summed E-state index contributed by atoms with van der Waals surface area (Å²) >= 11 is 4.81. The number of thioether (sulfide) groups is 1. The second kappa shape index (κ2) is 12.1. The minimum absolute atomic E-state index is 0.00581. The highest BCUT2D eigenvalue weighted by atomic mass is 79.9. The van der Waals surface area contributed by atoms with Crippen molar-refractivity contribution in [3.05, 3.63) is 64.1 Å². The van der Waals surface area contributed by atoms with Crippen LogP contribution in [0.4, 0.5) is 0 Å². The molecule has 2 aromatic rings. The van der Waals surface area contributed by atoms with Crippen LogP contribution in [0.3, 0.4) is 0 Å². The van der Waals surface area contributed by atoms with Gasteiger partial charge in [-0.3, -0.25) is 10.2 Å². The molecule has 182 valence electrons. The number of fused-ring (bicyclic) bond motifs is 1. The second-order valence-electron chi connectivity index (χ2n) is 7.57. The SMILES string of the molecule is CCCC1=NN2C(=N)/C(=C\c3cc(Br)ccc3OCCOCCOc3ccccc3)C(=O)N=C2S1. The third-order valence-electron chi connectivity index (χ3n) is 4.96. The number of aliphatic imine (C=N–C) groups is 1. The molecule has 35 heavy (non-hydrogen) atoms. The molecule has 8 nitrogen and oxygen atoms in total. The lowest BCUT2D eigenvalue weighted by molar-refractivity contribution is -0.114. The Hall–Kier alpha value is -2.95. The molecule has 1 amide bonds. The molecule has 2 aromatic carbocycles. The Kier molecular flexibility index (Phi) is 8.73. The smallest absolute Gasteiger partial charge is 0.283 e. The van der Waals surface area contributed by atoms with E-state index >= 15 is 0 Å². The van der Waals surface area contributed by atoms with Gasteiger partial charge >= 0.3 is 0 Å². The second-order valence-corrected chi connectivity index (χ2v) is 9.52. The van der Waals surface area contributed by atoms with Gasteiger partial charge in [-0.25, -0.2) is 0 Å². The van der Waals surface area contributed by atoms with Crippen molar-refractivity contribution in [3.63, 3.8) is 0 Å². The van der Waals surface area contributed by atoms with Crippen molar-refractivity contribution in [1.29, 1.82) is 5.41 Å². The molecule has 0 radical (unpaired) electrons. The number of nitrogens with one attached hydrogen (secondary N) is 1. The highest BCUT2D eigenvalue weighted by molar-refractivity contribution is 9.10. The lowest BCUT2D eigenvalue weighted by Gasteiger charge is -2.20. The Balaban J connectivity index is 1.36. The third kappa shape index (κ3) is 6.59. The number of carbonyl (C=O) groups excluding carboxylic acids is 1. The first-order valence-electron chi connectivity index (χ1n) is 11.2. The first-order valence-corrected chi connectivity index (χ1v) is 12.8. The van der Waals surface area contributed by atoms with E-state index in [0.29, 0.717) is 42.9 Å². The molecular formula is C25H25BrN4O4S. The number of hydrazone groups is 1. The normalized spacial score (nSPS) is 16.3. The van der Waals surface area contributed by atoms with Crippen LogP contribution in [0, 0.1) is 5.41 Å². The van der Waals surface area contributed by atoms with Crippen molar-refractivity contribution in [1.82, 2.24) is 5.01 Å². The van der Waals surface area contributed by atoms with Crippen molar-refractivity contribution < 1.29 is 19.0 Å². The van der Waals surface area contributed by atoms with Crippen LogP contribution < -0.4 is 9.47 Å². The average Bonchev–Trinajstić information content (AvgIpc) is 3.25. The molecule has 0 saturated heterocycles. The topological polar surface area (TPSA) is 96.6 Å². The Morgan fingerprint density at radius 2 is 1.86 bits per heavy atom. The van der Waals surface area contributed by atoms with Gasteiger partial charge in [0.2, 0.25) is 5.17 Å². The van der Waals surface area contributed by atoms with E-state index in [0.717, 1.165) is 28.1 Å². The number of carbonyl (C=O) groups is 1. The van der Waals surface area contributed by atoms with E-state index in [2.05, 4.69) is 32.9 Å². The Bertz CT molecular complexity index is 1180. The number of para-hydroxylation sites is 1. The molecule has 0 unspecified atom stereocenters. The largest absolute Gasteiger partial charge is 0.491 e. The zero-order valence-corrected chi connectivity index (χ0v) is 21.6. The predicted molar refractivity (Wildman–Crippen MR) is 142 cm³/mol. The Morgan fingerprint density at radius 1 is 1.09 bits per heavy atom. The quantitative estimate of drug-likeness (QED) is 0.296. The van der Waals surface area contributed by atoms with E-state index in [1.54, 1.807) is 6.08 Å². The fourth-order valence-corrected chi connectivity index (χ4v) is 4.68. The Labute approximate surface area is 216 Å². The van der Waals surface area contributed by atoms with Crippen LogP contribution in [0.5, 0.6) is 11.5 Å². The van der Waals surface area contributed by atoms with Gasteiger partial charge in [-0.2, -0.15) is 15.1 Å². The van der Waals surface area contributed by atoms with Crippen LogP contribution in [0.15, 0.2) is 68.7 Å². The van der Waals surface area contributed by atoms with Crippen LogP contribution in [-0.2, 0) is 9.53 Å². The van der Waals surface area contributed by atoms with Gasteiger partial charge in [-0.05, 0) is 61.0 Å². The number of rotatable bonds is 11. The monoisotopic (exact) mass is 556 g/mol. The maximum absolute atomic E-state index is 12.7. The maximum atomic E-state index is 12.7. The standard InChI is InChI=1S/C25H25BrN4O4S/c1-2-6-22-29-30-23(27)20(24(31)28-25(30)35-22)16-17-15-18(26)9-10-21(17)34-14-12-32-11-13-33-19-7-4-3-5-8-19/h3-5,7-10,15-16,27H,2,6,11-14H2,1H3/b20-16+,27-23?. The molecule has 1 N–H and O–H groups in total. The summed E-state index contributed by atoms with van der Waals surface area (Å²) < 4.78 is 17.9. The minimum atomic E-state index is -0.464. The van der Waals surface area contributed by atoms with Gasteiger partial charge in [0.15, 0.2) is 5.84 Å². The summed E-state index contributed by atoms with van der Waals surface area (Å²) in [5.74, 6) is 0.922. The molecule has 0 bridgehead atoms. The summed E-state index contributed by atoms with van der Waals surface area (Å²) in [7, 11) is 0. The van der Waals surface area contributed by atoms with E-state index in [9.17, 15) is 4.79 Å². The maximum Gasteiger partial charge on any atom is 0.283 e. The molecule has 2 aliphatic heterocycles. The van der Waals surface area contributed by atoms with E-state index in [1.807, 2.05) is 48.5 Å². The lowest BCUT2D eigenvalue weighted by atomic mass is 10.1. The van der Waals surface area contributed by atoms with Gasteiger partial charge in [0.1, 0.15) is 29.8 Å². The number of amidine groups is 2. The average molecular weight is 557 g/mol. The van der Waals surface area contributed by atoms with Gasteiger partial charge in [0.25, 0.3) is 5.91 Å². The first kappa shape index (κ1) is 25.2. The van der Waals surface area contributed by atoms with E-state index in [1.165, 1.54) is 16.8 Å². The zero-order valence-electron chi connectivity index (χ0n) is 19.2. The number of halogens is 1. The summed E-state index contributed by atoms with van der Waals surface area (Å²) in [4.78, 5) is 16.8. The summed E-state index contributed by atoms with van der Waals surface area (Å²) in [5.41, 5.74) is 0.816. The number of hydrogen-bond donors (Lipinski definition) is 1. The van der Waals surface area contributed by atoms with Gasteiger partial charge < -0.3 is 14.2 Å². The number of hydrogen-bond acceptors (Lipinski definition) is 7. The predicted octanol–water partition coefficient (Wildman–Crippen LogP) is 5.34. The van der Waals surface area contributed by atoms with Crippen LogP contribution in [0.25, 0.3) is 6.08 Å². The van der Waals surface area contributed by atoms with Crippen LogP contribution in [-0.4, -0.2) is 53.4 Å². The summed E-state index contributed by atoms with van der Waals surface area (Å²) in [5, 5.41) is 15.7. The molecule has 4 rings (SSSR count). The molecule has 0 aliphatic carbocycles. The first-order chi connectivity index (χ1) is 17.0.